The highest BCUT2D eigenvalue weighted by Crippen LogP contribution is 2.37. The van der Waals surface area contributed by atoms with Crippen molar-refractivity contribution in [2.24, 2.45) is 0 Å². The van der Waals surface area contributed by atoms with E-state index in [0.717, 1.165) is 22.2 Å². The highest BCUT2D eigenvalue weighted by atomic mass is 35.5. The number of aliphatic hydroxyl groups excluding tert-OH is 1. The fraction of sp³-hybridized carbons (Fsp3) is 0.0870. The van der Waals surface area contributed by atoms with Crippen molar-refractivity contribution in [3.63, 3.8) is 0 Å². The number of nitrogens with zero attached hydrogens (tertiary/aromatic N) is 1. The van der Waals surface area contributed by atoms with Gasteiger partial charge in [-0.15, -0.1) is 0 Å². The van der Waals surface area contributed by atoms with Gasteiger partial charge in [0.2, 0.25) is 0 Å². The molecule has 3 aromatic carbocycles. The molecule has 0 aliphatic heterocycles. The summed E-state index contributed by atoms with van der Waals surface area (Å²) in [5.41, 5.74) is 3.28. The number of hydrogen-bond acceptors (Lipinski definition) is 2. The van der Waals surface area contributed by atoms with Crippen LogP contribution in [0.4, 0.5) is 0 Å². The molecule has 0 saturated carbocycles. The van der Waals surface area contributed by atoms with Gasteiger partial charge in [-0.3, -0.25) is 9.36 Å². The minimum atomic E-state index is -0.176. The van der Waals surface area contributed by atoms with Gasteiger partial charge in [0.25, 0.3) is 5.56 Å². The Morgan fingerprint density at radius 2 is 1.61 bits per heavy atom. The largest absolute Gasteiger partial charge is 0.396 e. The molecular formula is C23H17Cl2NO2. The molecule has 0 amide bonds. The van der Waals surface area contributed by atoms with Gasteiger partial charge in [-0.25, -0.2) is 0 Å². The monoisotopic (exact) mass is 409 g/mol. The SMILES string of the molecule is O=c1c(CCO)c(-c2ccccc2Cl)c2cc(Cl)ccc2n1-c1ccccc1. The molecule has 0 unspecified atom stereocenters. The molecule has 1 N–H and O–H groups in total. The van der Waals surface area contributed by atoms with Gasteiger partial charge in [-0.1, -0.05) is 59.6 Å². The van der Waals surface area contributed by atoms with Crippen molar-refractivity contribution in [1.29, 1.82) is 0 Å². The number of rotatable bonds is 4. The lowest BCUT2D eigenvalue weighted by Gasteiger charge is -2.19. The molecule has 140 valence electrons. The molecule has 4 aromatic rings. The van der Waals surface area contributed by atoms with Crippen molar-refractivity contribution in [3.05, 3.63) is 98.8 Å². The molecule has 0 radical (unpaired) electrons. The Labute approximate surface area is 172 Å². The van der Waals surface area contributed by atoms with Crippen molar-refractivity contribution < 1.29 is 5.11 Å². The summed E-state index contributed by atoms with van der Waals surface area (Å²) >= 11 is 12.8. The summed E-state index contributed by atoms with van der Waals surface area (Å²) in [5, 5.41) is 11.6. The van der Waals surface area contributed by atoms with E-state index in [9.17, 15) is 9.90 Å². The third-order valence-corrected chi connectivity index (χ3v) is 5.32. The van der Waals surface area contributed by atoms with E-state index in [2.05, 4.69) is 0 Å². The number of benzene rings is 3. The van der Waals surface area contributed by atoms with Crippen molar-refractivity contribution in [2.75, 3.05) is 6.61 Å². The fourth-order valence-electron chi connectivity index (χ4n) is 3.57. The summed E-state index contributed by atoms with van der Waals surface area (Å²) < 4.78 is 1.66. The van der Waals surface area contributed by atoms with Crippen LogP contribution in [-0.2, 0) is 6.42 Å². The quantitative estimate of drug-likeness (QED) is 0.483. The Kier molecular flexibility index (Phi) is 5.23. The number of fused-ring (bicyclic) bond motifs is 1. The van der Waals surface area contributed by atoms with Gasteiger partial charge in [-0.2, -0.15) is 0 Å². The summed E-state index contributed by atoms with van der Waals surface area (Å²) in [4.78, 5) is 13.5. The topological polar surface area (TPSA) is 42.2 Å². The van der Waals surface area contributed by atoms with Crippen LogP contribution in [0.3, 0.4) is 0 Å². The van der Waals surface area contributed by atoms with Crippen LogP contribution in [0.1, 0.15) is 5.56 Å². The van der Waals surface area contributed by atoms with Gasteiger partial charge in [0.15, 0.2) is 0 Å². The normalized spacial score (nSPS) is 11.1. The molecule has 1 aromatic heterocycles. The van der Waals surface area contributed by atoms with E-state index in [0.29, 0.717) is 21.2 Å². The molecule has 0 bridgehead atoms. The summed E-state index contributed by atoms with van der Waals surface area (Å²) in [5.74, 6) is 0. The third kappa shape index (κ3) is 3.22. The van der Waals surface area contributed by atoms with E-state index in [4.69, 9.17) is 23.2 Å². The number of hydrogen-bond donors (Lipinski definition) is 1. The van der Waals surface area contributed by atoms with Crippen molar-refractivity contribution in [1.82, 2.24) is 4.57 Å². The molecule has 0 fully saturated rings. The first-order valence-corrected chi connectivity index (χ1v) is 9.65. The molecule has 0 atom stereocenters. The second kappa shape index (κ2) is 7.80. The number of pyridine rings is 1. The number of aliphatic hydroxyl groups is 1. The summed E-state index contributed by atoms with van der Waals surface area (Å²) in [6.07, 6.45) is 0.217. The van der Waals surface area contributed by atoms with Crippen molar-refractivity contribution in [3.8, 4) is 16.8 Å². The maximum atomic E-state index is 13.5. The lowest BCUT2D eigenvalue weighted by atomic mass is 9.94. The van der Waals surface area contributed by atoms with E-state index in [-0.39, 0.29) is 18.6 Å². The molecule has 0 saturated heterocycles. The number of para-hydroxylation sites is 1. The van der Waals surface area contributed by atoms with Gasteiger partial charge in [-0.05, 0) is 36.4 Å². The van der Waals surface area contributed by atoms with E-state index in [1.165, 1.54) is 0 Å². The highest BCUT2D eigenvalue weighted by Gasteiger charge is 2.20. The lowest BCUT2D eigenvalue weighted by molar-refractivity contribution is 0.299. The first-order chi connectivity index (χ1) is 13.6. The van der Waals surface area contributed by atoms with Crippen LogP contribution >= 0.6 is 23.2 Å². The van der Waals surface area contributed by atoms with Crippen LogP contribution in [0.25, 0.3) is 27.7 Å². The molecule has 4 rings (SSSR count). The zero-order chi connectivity index (χ0) is 19.7. The van der Waals surface area contributed by atoms with Crippen LogP contribution in [0.2, 0.25) is 10.0 Å². The Morgan fingerprint density at radius 3 is 2.32 bits per heavy atom. The minimum Gasteiger partial charge on any atom is -0.396 e. The van der Waals surface area contributed by atoms with E-state index >= 15 is 0 Å². The molecule has 28 heavy (non-hydrogen) atoms. The summed E-state index contributed by atoms with van der Waals surface area (Å²) in [6, 6.07) is 22.3. The molecule has 0 aliphatic rings. The zero-order valence-electron chi connectivity index (χ0n) is 14.9. The maximum absolute atomic E-state index is 13.5. The highest BCUT2D eigenvalue weighted by molar-refractivity contribution is 6.34. The maximum Gasteiger partial charge on any atom is 0.259 e. The third-order valence-electron chi connectivity index (χ3n) is 4.75. The fourth-order valence-corrected chi connectivity index (χ4v) is 3.97. The van der Waals surface area contributed by atoms with E-state index in [1.807, 2.05) is 60.7 Å². The smallest absolute Gasteiger partial charge is 0.259 e. The summed E-state index contributed by atoms with van der Waals surface area (Å²) in [6.45, 7) is -0.145. The van der Waals surface area contributed by atoms with E-state index < -0.39 is 0 Å². The predicted molar refractivity (Wildman–Crippen MR) is 116 cm³/mol. The standard InChI is InChI=1S/C23H17Cl2NO2/c24-15-10-11-21-19(14-15)22(17-8-4-5-9-20(17)25)18(12-13-27)23(28)26(21)16-6-2-1-3-7-16/h1-11,14,27H,12-13H2. The first kappa shape index (κ1) is 18.8. The van der Waals surface area contributed by atoms with Crippen LogP contribution in [0.15, 0.2) is 77.6 Å². The molecule has 0 spiro atoms. The van der Waals surface area contributed by atoms with Crippen LogP contribution < -0.4 is 5.56 Å². The van der Waals surface area contributed by atoms with Gasteiger partial charge < -0.3 is 5.11 Å². The second-order valence-corrected chi connectivity index (χ2v) is 7.29. The molecule has 0 aliphatic carbocycles. The predicted octanol–water partition coefficient (Wildman–Crippen LogP) is 5.50. The minimum absolute atomic E-state index is 0.145. The Balaban J connectivity index is 2.22. The molecule has 5 heteroatoms. The van der Waals surface area contributed by atoms with Crippen LogP contribution in [-0.4, -0.2) is 16.3 Å². The van der Waals surface area contributed by atoms with Crippen molar-refractivity contribution >= 4 is 34.1 Å². The second-order valence-electron chi connectivity index (χ2n) is 6.44. The number of aromatic nitrogens is 1. The van der Waals surface area contributed by atoms with Gasteiger partial charge in [0.1, 0.15) is 0 Å². The number of halogens is 2. The van der Waals surface area contributed by atoms with Crippen LogP contribution in [0.5, 0.6) is 0 Å². The average molecular weight is 410 g/mol. The van der Waals surface area contributed by atoms with Crippen molar-refractivity contribution in [2.45, 2.75) is 6.42 Å². The zero-order valence-corrected chi connectivity index (χ0v) is 16.4. The lowest BCUT2D eigenvalue weighted by Crippen LogP contribution is -2.25. The summed E-state index contributed by atoms with van der Waals surface area (Å²) in [7, 11) is 0. The van der Waals surface area contributed by atoms with Crippen LogP contribution in [0, 0.1) is 0 Å². The Bertz CT molecular complexity index is 1220. The molecular weight excluding hydrogens is 393 g/mol. The Hall–Kier alpha value is -2.59. The molecule has 3 nitrogen and oxygen atoms in total. The van der Waals surface area contributed by atoms with E-state index in [1.54, 1.807) is 16.7 Å². The van der Waals surface area contributed by atoms with Gasteiger partial charge >= 0.3 is 0 Å². The Morgan fingerprint density at radius 1 is 0.893 bits per heavy atom. The van der Waals surface area contributed by atoms with Gasteiger partial charge in [0.05, 0.1) is 5.52 Å². The average Bonchev–Trinajstić information content (AvgIpc) is 2.71. The first-order valence-electron chi connectivity index (χ1n) is 8.90. The molecule has 1 heterocycles. The van der Waals surface area contributed by atoms with Gasteiger partial charge in [0, 0.05) is 50.8 Å².